The van der Waals surface area contributed by atoms with Gasteiger partial charge >= 0.3 is 0 Å². The van der Waals surface area contributed by atoms with E-state index in [4.69, 9.17) is 0 Å². The molecule has 88 valence electrons. The van der Waals surface area contributed by atoms with Crippen LogP contribution in [0.2, 0.25) is 0 Å². The van der Waals surface area contributed by atoms with Gasteiger partial charge in [0.1, 0.15) is 0 Å². The first-order valence-electron chi connectivity index (χ1n) is 5.15. The lowest BCUT2D eigenvalue weighted by molar-refractivity contribution is -0.385. The van der Waals surface area contributed by atoms with E-state index in [0.29, 0.717) is 5.56 Å². The lowest BCUT2D eigenvalue weighted by Gasteiger charge is -2.21. The first-order chi connectivity index (χ1) is 7.35. The summed E-state index contributed by atoms with van der Waals surface area (Å²) in [5.74, 6) is 0. The summed E-state index contributed by atoms with van der Waals surface area (Å²) >= 11 is 3.46. The second-order valence-corrected chi connectivity index (χ2v) is 5.41. The maximum atomic E-state index is 10.8. The molecule has 0 N–H and O–H groups in total. The fourth-order valence-corrected chi connectivity index (χ4v) is 1.76. The Morgan fingerprint density at radius 3 is 2.56 bits per heavy atom. The number of nitro benzene ring substituents is 1. The Balaban J connectivity index is 3.00. The molecule has 0 unspecified atom stereocenters. The maximum Gasteiger partial charge on any atom is 0.272 e. The van der Waals surface area contributed by atoms with Crippen molar-refractivity contribution in [2.24, 2.45) is 5.41 Å². The molecule has 0 bridgehead atoms. The van der Waals surface area contributed by atoms with Gasteiger partial charge in [0, 0.05) is 17.0 Å². The highest BCUT2D eigenvalue weighted by Gasteiger charge is 2.19. The van der Waals surface area contributed by atoms with E-state index in [2.05, 4.69) is 29.8 Å². The third-order valence-electron chi connectivity index (χ3n) is 2.51. The Morgan fingerprint density at radius 2 is 2.06 bits per heavy atom. The number of alkyl halides is 1. The molecule has 16 heavy (non-hydrogen) atoms. The molecule has 0 spiro atoms. The number of nitrogens with zero attached hydrogens (tertiary/aromatic N) is 1. The van der Waals surface area contributed by atoms with E-state index in [-0.39, 0.29) is 16.0 Å². The van der Waals surface area contributed by atoms with E-state index >= 15 is 0 Å². The molecule has 4 heteroatoms. The lowest BCUT2D eigenvalue weighted by Crippen LogP contribution is -2.16. The first kappa shape index (κ1) is 13.2. The van der Waals surface area contributed by atoms with Crippen molar-refractivity contribution in [1.82, 2.24) is 0 Å². The number of nitro groups is 1. The molecule has 3 nitrogen and oxygen atoms in total. The average Bonchev–Trinajstić information content (AvgIpc) is 2.20. The third-order valence-corrected chi connectivity index (χ3v) is 4.03. The van der Waals surface area contributed by atoms with Crippen LogP contribution in [0.25, 0.3) is 0 Å². The van der Waals surface area contributed by atoms with Crippen LogP contribution in [0.4, 0.5) is 5.69 Å². The number of rotatable bonds is 4. The number of hydrogen-bond acceptors (Lipinski definition) is 2. The second-order valence-electron chi connectivity index (χ2n) is 4.85. The molecule has 0 aromatic heterocycles. The van der Waals surface area contributed by atoms with Gasteiger partial charge in [0.2, 0.25) is 0 Å². The van der Waals surface area contributed by atoms with E-state index in [1.807, 2.05) is 12.1 Å². The largest absolute Gasteiger partial charge is 0.272 e. The van der Waals surface area contributed by atoms with Crippen molar-refractivity contribution in [1.29, 1.82) is 0 Å². The van der Waals surface area contributed by atoms with Crippen molar-refractivity contribution in [3.8, 4) is 0 Å². The molecule has 0 aliphatic heterocycles. The normalized spacial score (nSPS) is 11.5. The molecule has 0 atom stereocenters. The third kappa shape index (κ3) is 3.30. The molecule has 0 saturated heterocycles. The van der Waals surface area contributed by atoms with Crippen LogP contribution in [0.1, 0.15) is 25.0 Å². The van der Waals surface area contributed by atoms with Gasteiger partial charge in [0.25, 0.3) is 5.69 Å². The second kappa shape index (κ2) is 4.95. The van der Waals surface area contributed by atoms with Crippen molar-refractivity contribution in [3.63, 3.8) is 0 Å². The van der Waals surface area contributed by atoms with Crippen LogP contribution in [0.15, 0.2) is 18.2 Å². The SMILES string of the molecule is Cc1ccc(CC(C)(C)CBr)cc1[N+](=O)[O-]. The maximum absolute atomic E-state index is 10.8. The van der Waals surface area contributed by atoms with Crippen LogP contribution in [-0.2, 0) is 6.42 Å². The lowest BCUT2D eigenvalue weighted by atomic mass is 9.87. The Kier molecular flexibility index (Phi) is 4.08. The first-order valence-corrected chi connectivity index (χ1v) is 6.28. The van der Waals surface area contributed by atoms with Crippen LogP contribution in [0.5, 0.6) is 0 Å². The molecular formula is C12H16BrNO2. The average molecular weight is 286 g/mol. The van der Waals surface area contributed by atoms with Gasteiger partial charge < -0.3 is 0 Å². The molecule has 0 amide bonds. The minimum absolute atomic E-state index is 0.114. The van der Waals surface area contributed by atoms with Crippen molar-refractivity contribution in [2.75, 3.05) is 5.33 Å². The summed E-state index contributed by atoms with van der Waals surface area (Å²) in [5, 5.41) is 11.7. The quantitative estimate of drug-likeness (QED) is 0.479. The Bertz CT molecular complexity index is 402. The van der Waals surface area contributed by atoms with Gasteiger partial charge in [-0.2, -0.15) is 0 Å². The highest BCUT2D eigenvalue weighted by molar-refractivity contribution is 9.09. The molecule has 1 rings (SSSR count). The molecule has 0 heterocycles. The van der Waals surface area contributed by atoms with Gasteiger partial charge in [-0.3, -0.25) is 10.1 Å². The van der Waals surface area contributed by atoms with E-state index in [1.165, 1.54) is 0 Å². The monoisotopic (exact) mass is 285 g/mol. The molecule has 1 aromatic rings. The molecule has 0 aliphatic rings. The molecular weight excluding hydrogens is 270 g/mol. The predicted octanol–water partition coefficient (Wildman–Crippen LogP) is 3.87. The summed E-state index contributed by atoms with van der Waals surface area (Å²) in [6.07, 6.45) is 0.833. The van der Waals surface area contributed by atoms with Gasteiger partial charge in [-0.25, -0.2) is 0 Å². The van der Waals surface area contributed by atoms with E-state index in [0.717, 1.165) is 17.3 Å². The van der Waals surface area contributed by atoms with Crippen LogP contribution in [0.3, 0.4) is 0 Å². The molecule has 0 radical (unpaired) electrons. The summed E-state index contributed by atoms with van der Waals surface area (Å²) < 4.78 is 0. The summed E-state index contributed by atoms with van der Waals surface area (Å²) in [7, 11) is 0. The van der Waals surface area contributed by atoms with Crippen molar-refractivity contribution in [2.45, 2.75) is 27.2 Å². The fraction of sp³-hybridized carbons (Fsp3) is 0.500. The van der Waals surface area contributed by atoms with Gasteiger partial charge in [-0.05, 0) is 24.3 Å². The van der Waals surface area contributed by atoms with Gasteiger partial charge in [0.05, 0.1) is 4.92 Å². The standard InChI is InChI=1S/C12H16BrNO2/c1-9-4-5-10(6-11(9)14(15)16)7-12(2,3)8-13/h4-6H,7-8H2,1-3H3. The summed E-state index contributed by atoms with van der Waals surface area (Å²) in [5.41, 5.74) is 2.05. The molecule has 0 fully saturated rings. The van der Waals surface area contributed by atoms with Crippen molar-refractivity contribution < 1.29 is 4.92 Å². The van der Waals surface area contributed by atoms with E-state index < -0.39 is 0 Å². The molecule has 1 aromatic carbocycles. The Morgan fingerprint density at radius 1 is 1.44 bits per heavy atom. The molecule has 0 saturated carbocycles. The van der Waals surface area contributed by atoms with Crippen LogP contribution >= 0.6 is 15.9 Å². The number of benzene rings is 1. The summed E-state index contributed by atoms with van der Waals surface area (Å²) in [6, 6.07) is 5.46. The number of halogens is 1. The summed E-state index contributed by atoms with van der Waals surface area (Å²) in [4.78, 5) is 10.5. The summed E-state index contributed by atoms with van der Waals surface area (Å²) in [6.45, 7) is 6.03. The highest BCUT2D eigenvalue weighted by atomic mass is 79.9. The number of aryl methyl sites for hydroxylation is 1. The zero-order valence-corrected chi connectivity index (χ0v) is 11.4. The number of hydrogen-bond donors (Lipinski definition) is 0. The minimum Gasteiger partial charge on any atom is -0.258 e. The van der Waals surface area contributed by atoms with Gasteiger partial charge in [-0.1, -0.05) is 41.9 Å². The molecule has 0 aliphatic carbocycles. The highest BCUT2D eigenvalue weighted by Crippen LogP contribution is 2.27. The zero-order chi connectivity index (χ0) is 12.3. The van der Waals surface area contributed by atoms with Crippen LogP contribution in [0, 0.1) is 22.5 Å². The van der Waals surface area contributed by atoms with Crippen LogP contribution in [-0.4, -0.2) is 10.3 Å². The fourth-order valence-electron chi connectivity index (χ4n) is 1.56. The Labute approximate surface area is 104 Å². The Hall–Kier alpha value is -0.900. The van der Waals surface area contributed by atoms with E-state index in [1.54, 1.807) is 13.0 Å². The van der Waals surface area contributed by atoms with Crippen molar-refractivity contribution in [3.05, 3.63) is 39.4 Å². The topological polar surface area (TPSA) is 43.1 Å². The van der Waals surface area contributed by atoms with Crippen molar-refractivity contribution >= 4 is 21.6 Å². The van der Waals surface area contributed by atoms with Crippen LogP contribution < -0.4 is 0 Å². The van der Waals surface area contributed by atoms with Gasteiger partial charge in [0.15, 0.2) is 0 Å². The smallest absolute Gasteiger partial charge is 0.258 e. The zero-order valence-electron chi connectivity index (χ0n) is 9.79. The van der Waals surface area contributed by atoms with Gasteiger partial charge in [-0.15, -0.1) is 0 Å². The minimum atomic E-state index is -0.319. The van der Waals surface area contributed by atoms with E-state index in [9.17, 15) is 10.1 Å². The predicted molar refractivity (Wildman–Crippen MR) is 69.1 cm³/mol.